The van der Waals surface area contributed by atoms with Gasteiger partial charge < -0.3 is 20.1 Å². The van der Waals surface area contributed by atoms with Gasteiger partial charge in [0.1, 0.15) is 0 Å². The molecule has 0 radical (unpaired) electrons. The maximum absolute atomic E-state index is 13.0. The summed E-state index contributed by atoms with van der Waals surface area (Å²) in [4.78, 5) is 50.7. The molecule has 3 aromatic rings. The summed E-state index contributed by atoms with van der Waals surface area (Å²) in [6, 6.07) is 10.9. The minimum absolute atomic E-state index is 0.0373. The minimum Gasteiger partial charge on any atom is -0.343 e. The monoisotopic (exact) mass is 566 g/mol. The fourth-order valence-corrected chi connectivity index (χ4v) is 4.23. The van der Waals surface area contributed by atoms with Crippen molar-refractivity contribution in [2.24, 2.45) is 0 Å². The van der Waals surface area contributed by atoms with Gasteiger partial charge in [-0.2, -0.15) is 13.2 Å². The van der Waals surface area contributed by atoms with Crippen LogP contribution in [-0.2, 0) is 27.1 Å². The molecule has 1 saturated heterocycles. The highest BCUT2D eigenvalue weighted by Crippen LogP contribution is 2.32. The van der Waals surface area contributed by atoms with Crippen molar-refractivity contribution in [1.82, 2.24) is 9.88 Å². The van der Waals surface area contributed by atoms with Crippen LogP contribution in [0.1, 0.15) is 17.5 Å². The second kappa shape index (κ2) is 10.9. The van der Waals surface area contributed by atoms with E-state index in [4.69, 9.17) is 23.2 Å². The van der Waals surface area contributed by atoms with Crippen LogP contribution < -0.4 is 21.1 Å². The molecule has 1 fully saturated rings. The van der Waals surface area contributed by atoms with E-state index in [0.29, 0.717) is 15.6 Å². The lowest BCUT2D eigenvalue weighted by Gasteiger charge is -2.18. The summed E-state index contributed by atoms with van der Waals surface area (Å²) in [6.07, 6.45) is -3.41. The van der Waals surface area contributed by atoms with Gasteiger partial charge >= 0.3 is 18.0 Å². The van der Waals surface area contributed by atoms with E-state index in [1.165, 1.54) is 35.0 Å². The Bertz CT molecular complexity index is 1480. The molecule has 1 unspecified atom stereocenters. The summed E-state index contributed by atoms with van der Waals surface area (Å²) in [5.74, 6) is -2.59. The number of nitrogens with one attached hydrogen (secondary N) is 2. The number of aromatic nitrogens is 1. The number of nitrogens with zero attached hydrogens (tertiary/aromatic N) is 2. The average Bonchev–Trinajstić information content (AvgIpc) is 3.22. The van der Waals surface area contributed by atoms with Gasteiger partial charge in [-0.1, -0.05) is 35.3 Å². The summed E-state index contributed by atoms with van der Waals surface area (Å²) in [5.41, 5.74) is -0.389. The van der Waals surface area contributed by atoms with Crippen LogP contribution in [0.4, 0.5) is 24.5 Å². The Morgan fingerprint density at radius 1 is 0.974 bits per heavy atom. The van der Waals surface area contributed by atoms with E-state index < -0.39 is 35.5 Å². The topological polar surface area (TPSA) is 101 Å². The number of amides is 3. The molecular weight excluding hydrogens is 548 g/mol. The van der Waals surface area contributed by atoms with E-state index in [9.17, 15) is 32.3 Å². The maximum atomic E-state index is 13.0. The smallest absolute Gasteiger partial charge is 0.343 e. The Balaban J connectivity index is 1.38. The molecule has 4 rings (SSSR count). The summed E-state index contributed by atoms with van der Waals surface area (Å²) in [7, 11) is 0. The molecule has 13 heteroatoms. The second-order valence-corrected chi connectivity index (χ2v) is 9.33. The molecule has 0 spiro atoms. The third-order valence-corrected chi connectivity index (χ3v) is 6.47. The van der Waals surface area contributed by atoms with Crippen LogP contribution in [0.15, 0.2) is 65.6 Å². The first-order chi connectivity index (χ1) is 17.9. The lowest BCUT2D eigenvalue weighted by atomic mass is 10.2. The van der Waals surface area contributed by atoms with Crippen molar-refractivity contribution in [2.75, 3.05) is 16.8 Å². The Labute approximate surface area is 223 Å². The number of anilines is 2. The molecule has 0 aliphatic carbocycles. The predicted molar refractivity (Wildman–Crippen MR) is 135 cm³/mol. The lowest BCUT2D eigenvalue weighted by Crippen LogP contribution is -2.43. The van der Waals surface area contributed by atoms with Crippen LogP contribution in [0.25, 0.3) is 0 Å². The zero-order valence-electron chi connectivity index (χ0n) is 19.4. The zero-order chi connectivity index (χ0) is 27.6. The van der Waals surface area contributed by atoms with Crippen molar-refractivity contribution in [3.8, 4) is 0 Å². The largest absolute Gasteiger partial charge is 0.416 e. The van der Waals surface area contributed by atoms with Crippen LogP contribution in [-0.4, -0.2) is 34.9 Å². The highest BCUT2D eigenvalue weighted by atomic mass is 35.5. The van der Waals surface area contributed by atoms with Gasteiger partial charge in [-0.25, -0.2) is 0 Å². The third-order valence-electron chi connectivity index (χ3n) is 5.73. The standard InChI is InChI=1S/C25H19Cl2F3N4O4/c26-19-6-4-14(8-20(19)27)11-33-12-16(5-7-21(33)35)31-23(37)24(38)32-17-10-22(36)34(13-17)18-3-1-2-15(9-18)25(28,29)30/h1-9,12,17H,10-11,13H2,(H,31,37)(H,32,38). The molecule has 0 bridgehead atoms. The highest BCUT2D eigenvalue weighted by molar-refractivity contribution is 6.42. The third kappa shape index (κ3) is 6.35. The molecule has 38 heavy (non-hydrogen) atoms. The summed E-state index contributed by atoms with van der Waals surface area (Å²) in [5, 5.41) is 5.48. The Morgan fingerprint density at radius 2 is 1.74 bits per heavy atom. The molecule has 2 aromatic carbocycles. The van der Waals surface area contributed by atoms with E-state index in [1.54, 1.807) is 18.2 Å². The van der Waals surface area contributed by atoms with Crippen molar-refractivity contribution in [1.29, 1.82) is 0 Å². The van der Waals surface area contributed by atoms with E-state index >= 15 is 0 Å². The number of carbonyl (C=O) groups excluding carboxylic acids is 3. The van der Waals surface area contributed by atoms with Crippen LogP contribution >= 0.6 is 23.2 Å². The van der Waals surface area contributed by atoms with Gasteiger partial charge in [0.2, 0.25) is 5.91 Å². The first kappa shape index (κ1) is 27.2. The van der Waals surface area contributed by atoms with Crippen LogP contribution in [0, 0.1) is 0 Å². The fourth-order valence-electron chi connectivity index (χ4n) is 3.91. The van der Waals surface area contributed by atoms with Gasteiger partial charge in [-0.3, -0.25) is 19.2 Å². The number of pyridine rings is 1. The van der Waals surface area contributed by atoms with Crippen molar-refractivity contribution < 1.29 is 27.6 Å². The normalized spacial score (nSPS) is 15.4. The van der Waals surface area contributed by atoms with E-state index in [-0.39, 0.29) is 36.4 Å². The molecule has 3 amide bonds. The lowest BCUT2D eigenvalue weighted by molar-refractivity contribution is -0.137. The quantitative estimate of drug-likeness (QED) is 0.454. The van der Waals surface area contributed by atoms with Crippen molar-refractivity contribution in [2.45, 2.75) is 25.2 Å². The molecule has 1 atom stereocenters. The van der Waals surface area contributed by atoms with Gasteiger partial charge in [0, 0.05) is 30.9 Å². The first-order valence-corrected chi connectivity index (χ1v) is 11.9. The van der Waals surface area contributed by atoms with Gasteiger partial charge in [0.05, 0.1) is 33.9 Å². The van der Waals surface area contributed by atoms with Gasteiger partial charge in [-0.15, -0.1) is 0 Å². The number of carbonyl (C=O) groups is 3. The van der Waals surface area contributed by atoms with Crippen molar-refractivity contribution >= 4 is 52.3 Å². The average molecular weight is 567 g/mol. The number of hydrogen-bond donors (Lipinski definition) is 2. The maximum Gasteiger partial charge on any atom is 0.416 e. The Morgan fingerprint density at radius 3 is 2.45 bits per heavy atom. The summed E-state index contributed by atoms with van der Waals surface area (Å²) >= 11 is 11.9. The molecular formula is C25H19Cl2F3N4O4. The molecule has 198 valence electrons. The molecule has 0 saturated carbocycles. The highest BCUT2D eigenvalue weighted by Gasteiger charge is 2.35. The molecule has 2 N–H and O–H groups in total. The molecule has 1 aliphatic rings. The minimum atomic E-state index is -4.57. The Kier molecular flexibility index (Phi) is 7.79. The number of hydrogen-bond acceptors (Lipinski definition) is 4. The van der Waals surface area contributed by atoms with Crippen molar-refractivity contribution in [3.05, 3.63) is 92.3 Å². The number of benzene rings is 2. The molecule has 1 aromatic heterocycles. The van der Waals surface area contributed by atoms with Crippen LogP contribution in [0.5, 0.6) is 0 Å². The summed E-state index contributed by atoms with van der Waals surface area (Å²) < 4.78 is 40.4. The van der Waals surface area contributed by atoms with Gasteiger partial charge in [0.15, 0.2) is 0 Å². The van der Waals surface area contributed by atoms with Crippen LogP contribution in [0.2, 0.25) is 10.0 Å². The zero-order valence-corrected chi connectivity index (χ0v) is 20.9. The number of alkyl halides is 3. The summed E-state index contributed by atoms with van der Waals surface area (Å²) in [6.45, 7) is 0.0227. The van der Waals surface area contributed by atoms with E-state index in [0.717, 1.165) is 17.0 Å². The SMILES string of the molecule is O=C(Nc1ccc(=O)n(Cc2ccc(Cl)c(Cl)c2)c1)C(=O)NC1CC(=O)N(c2cccc(C(F)(F)F)c2)C1. The molecule has 8 nitrogen and oxygen atoms in total. The predicted octanol–water partition coefficient (Wildman–Crippen LogP) is 4.08. The fraction of sp³-hybridized carbons (Fsp3) is 0.200. The first-order valence-electron chi connectivity index (χ1n) is 11.1. The van der Waals surface area contributed by atoms with E-state index in [2.05, 4.69) is 10.6 Å². The van der Waals surface area contributed by atoms with E-state index in [1.807, 2.05) is 0 Å². The molecule has 2 heterocycles. The van der Waals surface area contributed by atoms with Crippen LogP contribution in [0.3, 0.4) is 0 Å². The van der Waals surface area contributed by atoms with Crippen molar-refractivity contribution in [3.63, 3.8) is 0 Å². The number of rotatable bonds is 5. The number of halogens is 5. The van der Waals surface area contributed by atoms with Gasteiger partial charge in [0.25, 0.3) is 5.56 Å². The second-order valence-electron chi connectivity index (χ2n) is 8.51. The van der Waals surface area contributed by atoms with Gasteiger partial charge in [-0.05, 0) is 42.0 Å². The molecule has 1 aliphatic heterocycles. The Hall–Kier alpha value is -3.83.